The van der Waals surface area contributed by atoms with Gasteiger partial charge in [-0.05, 0) is 19.8 Å². The van der Waals surface area contributed by atoms with E-state index in [9.17, 15) is 14.4 Å². The van der Waals surface area contributed by atoms with Crippen LogP contribution in [0.4, 0.5) is 0 Å². The van der Waals surface area contributed by atoms with Crippen molar-refractivity contribution in [1.29, 1.82) is 0 Å². The van der Waals surface area contributed by atoms with Gasteiger partial charge in [-0.3, -0.25) is 14.4 Å². The molecule has 1 aliphatic carbocycles. The molecule has 2 atom stereocenters. The predicted octanol–water partition coefficient (Wildman–Crippen LogP) is -0.216. The zero-order valence-corrected chi connectivity index (χ0v) is 13.0. The second kappa shape index (κ2) is 7.58. The van der Waals surface area contributed by atoms with Crippen molar-refractivity contribution in [3.8, 4) is 0 Å². The van der Waals surface area contributed by atoms with Gasteiger partial charge in [0.1, 0.15) is 6.04 Å². The summed E-state index contributed by atoms with van der Waals surface area (Å²) in [5.41, 5.74) is 5.21. The van der Waals surface area contributed by atoms with Crippen LogP contribution in [0.1, 0.15) is 39.0 Å². The molecule has 0 bridgehead atoms. The number of hydrogen-bond donors (Lipinski definition) is 2. The quantitative estimate of drug-likeness (QED) is 0.749. The highest BCUT2D eigenvalue weighted by Crippen LogP contribution is 2.23. The molecule has 0 aromatic heterocycles. The zero-order valence-electron chi connectivity index (χ0n) is 13.0. The Kier molecular flexibility index (Phi) is 5.76. The van der Waals surface area contributed by atoms with Gasteiger partial charge >= 0.3 is 0 Å². The van der Waals surface area contributed by atoms with Crippen molar-refractivity contribution >= 4 is 17.7 Å². The number of nitrogens with zero attached hydrogens (tertiary/aromatic N) is 1. The minimum Gasteiger partial charge on any atom is -0.367 e. The molecular formula is C15H25N3O4. The average Bonchev–Trinajstić information content (AvgIpc) is 2.54. The van der Waals surface area contributed by atoms with Gasteiger partial charge in [-0.1, -0.05) is 19.3 Å². The van der Waals surface area contributed by atoms with Crippen molar-refractivity contribution in [3.63, 3.8) is 0 Å². The first-order valence-corrected chi connectivity index (χ1v) is 7.99. The molecule has 3 amide bonds. The highest BCUT2D eigenvalue weighted by Gasteiger charge is 2.31. The summed E-state index contributed by atoms with van der Waals surface area (Å²) < 4.78 is 5.22. The molecule has 1 saturated heterocycles. The summed E-state index contributed by atoms with van der Waals surface area (Å²) in [5, 5.41) is 2.80. The third kappa shape index (κ3) is 4.19. The van der Waals surface area contributed by atoms with Crippen molar-refractivity contribution in [2.45, 2.75) is 51.2 Å². The minimum absolute atomic E-state index is 0.0204. The van der Waals surface area contributed by atoms with Crippen molar-refractivity contribution < 1.29 is 19.1 Å². The van der Waals surface area contributed by atoms with Crippen LogP contribution < -0.4 is 11.1 Å². The summed E-state index contributed by atoms with van der Waals surface area (Å²) in [6.07, 6.45) is 4.36. The monoisotopic (exact) mass is 311 g/mol. The highest BCUT2D eigenvalue weighted by molar-refractivity contribution is 5.89. The van der Waals surface area contributed by atoms with E-state index >= 15 is 0 Å². The number of morpholine rings is 1. The molecule has 0 spiro atoms. The fourth-order valence-corrected chi connectivity index (χ4v) is 3.05. The van der Waals surface area contributed by atoms with Crippen molar-refractivity contribution in [1.82, 2.24) is 10.2 Å². The van der Waals surface area contributed by atoms with E-state index in [1.807, 2.05) is 0 Å². The Morgan fingerprint density at radius 2 is 1.91 bits per heavy atom. The molecule has 1 saturated carbocycles. The number of nitrogens with one attached hydrogen (secondary N) is 1. The molecule has 0 radical (unpaired) electrons. The molecule has 7 nitrogen and oxygen atoms in total. The van der Waals surface area contributed by atoms with E-state index in [4.69, 9.17) is 10.5 Å². The SMILES string of the molecule is CC(NC(=O)C1CCCCC1)C(=O)N1CCOC(C(N)=O)C1. The molecule has 2 unspecified atom stereocenters. The predicted molar refractivity (Wildman–Crippen MR) is 79.7 cm³/mol. The van der Waals surface area contributed by atoms with E-state index in [0.717, 1.165) is 25.7 Å². The lowest BCUT2D eigenvalue weighted by Gasteiger charge is -2.33. The number of ether oxygens (including phenoxy) is 1. The summed E-state index contributed by atoms with van der Waals surface area (Å²) in [6, 6.07) is -0.596. The van der Waals surface area contributed by atoms with E-state index in [-0.39, 0.29) is 30.9 Å². The van der Waals surface area contributed by atoms with Crippen LogP contribution in [0.5, 0.6) is 0 Å². The Hall–Kier alpha value is -1.63. The zero-order chi connectivity index (χ0) is 16.1. The summed E-state index contributed by atoms with van der Waals surface area (Å²) in [6.45, 7) is 2.52. The van der Waals surface area contributed by atoms with Gasteiger partial charge < -0.3 is 20.7 Å². The standard InChI is InChI=1S/C15H25N3O4/c1-10(17-14(20)11-5-3-2-4-6-11)15(21)18-7-8-22-12(9-18)13(16)19/h10-12H,2-9H2,1H3,(H2,16,19)(H,17,20). The summed E-state index contributed by atoms with van der Waals surface area (Å²) in [5.74, 6) is -0.789. The minimum atomic E-state index is -0.765. The van der Waals surface area contributed by atoms with Gasteiger partial charge in [0.25, 0.3) is 0 Å². The van der Waals surface area contributed by atoms with Crippen LogP contribution in [0.25, 0.3) is 0 Å². The Labute approximate surface area is 130 Å². The Morgan fingerprint density at radius 1 is 1.23 bits per heavy atom. The number of nitrogens with two attached hydrogens (primary N) is 1. The molecule has 2 rings (SSSR count). The third-order valence-corrected chi connectivity index (χ3v) is 4.40. The van der Waals surface area contributed by atoms with Crippen LogP contribution in [-0.2, 0) is 19.1 Å². The van der Waals surface area contributed by atoms with E-state index in [0.29, 0.717) is 6.54 Å². The van der Waals surface area contributed by atoms with Crippen LogP contribution in [0.2, 0.25) is 0 Å². The number of carbonyl (C=O) groups excluding carboxylic acids is 3. The fourth-order valence-electron chi connectivity index (χ4n) is 3.05. The molecular weight excluding hydrogens is 286 g/mol. The molecule has 0 aromatic carbocycles. The van der Waals surface area contributed by atoms with Gasteiger partial charge in [0.15, 0.2) is 6.10 Å². The van der Waals surface area contributed by atoms with Crippen LogP contribution in [0, 0.1) is 5.92 Å². The molecule has 2 fully saturated rings. The molecule has 7 heteroatoms. The number of hydrogen-bond acceptors (Lipinski definition) is 4. The molecule has 0 aromatic rings. The van der Waals surface area contributed by atoms with E-state index < -0.39 is 18.1 Å². The topological polar surface area (TPSA) is 102 Å². The molecule has 124 valence electrons. The van der Waals surface area contributed by atoms with Gasteiger partial charge in [0.05, 0.1) is 13.2 Å². The molecule has 1 aliphatic heterocycles. The maximum absolute atomic E-state index is 12.4. The van der Waals surface area contributed by atoms with Crippen molar-refractivity contribution in [2.24, 2.45) is 11.7 Å². The lowest BCUT2D eigenvalue weighted by atomic mass is 9.88. The van der Waals surface area contributed by atoms with Crippen molar-refractivity contribution in [3.05, 3.63) is 0 Å². The van der Waals surface area contributed by atoms with Crippen molar-refractivity contribution in [2.75, 3.05) is 19.7 Å². The normalized spacial score (nSPS) is 24.6. The molecule has 3 N–H and O–H groups in total. The number of primary amides is 1. The largest absolute Gasteiger partial charge is 0.367 e. The summed E-state index contributed by atoms with van der Waals surface area (Å²) in [7, 11) is 0. The number of amides is 3. The smallest absolute Gasteiger partial charge is 0.248 e. The van der Waals surface area contributed by atoms with Gasteiger partial charge in [-0.2, -0.15) is 0 Å². The van der Waals surface area contributed by atoms with Gasteiger partial charge in [-0.25, -0.2) is 0 Å². The summed E-state index contributed by atoms with van der Waals surface area (Å²) >= 11 is 0. The van der Waals surface area contributed by atoms with Gasteiger partial charge in [0.2, 0.25) is 17.7 Å². The van der Waals surface area contributed by atoms with Crippen LogP contribution in [0.15, 0.2) is 0 Å². The Morgan fingerprint density at radius 3 is 2.55 bits per heavy atom. The number of rotatable bonds is 4. The first-order valence-electron chi connectivity index (χ1n) is 7.99. The van der Waals surface area contributed by atoms with Crippen LogP contribution >= 0.6 is 0 Å². The Balaban J connectivity index is 1.85. The second-order valence-electron chi connectivity index (χ2n) is 6.11. The molecule has 2 aliphatic rings. The first-order chi connectivity index (χ1) is 10.5. The molecule has 22 heavy (non-hydrogen) atoms. The van der Waals surface area contributed by atoms with Crippen LogP contribution in [-0.4, -0.2) is 54.5 Å². The third-order valence-electron chi connectivity index (χ3n) is 4.40. The van der Waals surface area contributed by atoms with E-state index in [2.05, 4.69) is 5.32 Å². The molecule has 1 heterocycles. The maximum Gasteiger partial charge on any atom is 0.248 e. The van der Waals surface area contributed by atoms with E-state index in [1.165, 1.54) is 11.3 Å². The average molecular weight is 311 g/mol. The van der Waals surface area contributed by atoms with Gasteiger partial charge in [0, 0.05) is 12.5 Å². The lowest BCUT2D eigenvalue weighted by molar-refractivity contribution is -0.148. The number of carbonyl (C=O) groups is 3. The lowest BCUT2D eigenvalue weighted by Crippen LogP contribution is -2.55. The van der Waals surface area contributed by atoms with Crippen LogP contribution in [0.3, 0.4) is 0 Å². The Bertz CT molecular complexity index is 435. The fraction of sp³-hybridized carbons (Fsp3) is 0.800. The van der Waals surface area contributed by atoms with Gasteiger partial charge in [-0.15, -0.1) is 0 Å². The second-order valence-corrected chi connectivity index (χ2v) is 6.11. The van der Waals surface area contributed by atoms with E-state index in [1.54, 1.807) is 6.92 Å². The maximum atomic E-state index is 12.4. The highest BCUT2D eigenvalue weighted by atomic mass is 16.5. The summed E-state index contributed by atoms with van der Waals surface area (Å²) in [4.78, 5) is 37.3. The first kappa shape index (κ1) is 16.7.